The third-order valence-electron chi connectivity index (χ3n) is 4.57. The molecule has 0 spiro atoms. The smallest absolute Gasteiger partial charge is 0.281 e. The van der Waals surface area contributed by atoms with Crippen LogP contribution in [0.15, 0.2) is 30.6 Å². The summed E-state index contributed by atoms with van der Waals surface area (Å²) in [5, 5.41) is 0. The Hall–Kier alpha value is -2.89. The van der Waals surface area contributed by atoms with Crippen LogP contribution >= 0.6 is 0 Å². The van der Waals surface area contributed by atoms with E-state index in [9.17, 15) is 8.42 Å². The highest BCUT2D eigenvalue weighted by Crippen LogP contribution is 2.27. The summed E-state index contributed by atoms with van der Waals surface area (Å²) in [7, 11) is -0.390. The van der Waals surface area contributed by atoms with Crippen molar-refractivity contribution in [1.82, 2.24) is 33.5 Å². The Bertz CT molecular complexity index is 1150. The molecule has 1 aliphatic heterocycles. The highest BCUT2D eigenvalue weighted by atomic mass is 32.2. The SMILES string of the molecule is CN(C)S(=O)(=O)N1CC=C(c2cnc(N)c(-c3nc4ncccc4[nH]3)n2)CC1.[HH].[HH]. The molecule has 0 aromatic carbocycles. The van der Waals surface area contributed by atoms with Gasteiger partial charge in [-0.1, -0.05) is 6.08 Å². The molecule has 11 heteroatoms. The van der Waals surface area contributed by atoms with Gasteiger partial charge >= 0.3 is 0 Å². The minimum Gasteiger partial charge on any atom is -0.382 e. The molecule has 0 fully saturated rings. The predicted octanol–water partition coefficient (Wildman–Crippen LogP) is 1.38. The Labute approximate surface area is 165 Å². The van der Waals surface area contributed by atoms with Crippen LogP contribution in [0.4, 0.5) is 5.82 Å². The molecular formula is C17H24N8O2S. The van der Waals surface area contributed by atoms with E-state index < -0.39 is 10.2 Å². The first-order valence-corrected chi connectivity index (χ1v) is 10.1. The number of nitrogens with zero attached hydrogens (tertiary/aromatic N) is 6. The minimum atomic E-state index is -3.43. The summed E-state index contributed by atoms with van der Waals surface area (Å²) in [6.07, 6.45) is 5.65. The molecule has 3 aromatic heterocycles. The van der Waals surface area contributed by atoms with Crippen LogP contribution in [0.25, 0.3) is 28.3 Å². The highest BCUT2D eigenvalue weighted by Gasteiger charge is 2.27. The molecule has 0 saturated carbocycles. The van der Waals surface area contributed by atoms with Crippen molar-refractivity contribution in [1.29, 1.82) is 0 Å². The summed E-state index contributed by atoms with van der Waals surface area (Å²) in [5.41, 5.74) is 9.40. The molecule has 0 bridgehead atoms. The Kier molecular flexibility index (Phi) is 4.57. The number of nitrogen functional groups attached to an aromatic ring is 1. The van der Waals surface area contributed by atoms with Crippen LogP contribution in [0.3, 0.4) is 0 Å². The van der Waals surface area contributed by atoms with Crippen molar-refractivity contribution >= 4 is 32.8 Å². The molecule has 0 unspecified atom stereocenters. The molecule has 28 heavy (non-hydrogen) atoms. The molecule has 10 nitrogen and oxygen atoms in total. The van der Waals surface area contributed by atoms with E-state index in [2.05, 4.69) is 24.9 Å². The fourth-order valence-corrected chi connectivity index (χ4v) is 4.06. The molecule has 0 aliphatic carbocycles. The average molecular weight is 405 g/mol. The molecule has 4 heterocycles. The predicted molar refractivity (Wildman–Crippen MR) is 110 cm³/mol. The third kappa shape index (κ3) is 3.23. The van der Waals surface area contributed by atoms with Crippen LogP contribution in [-0.4, -0.2) is 69.1 Å². The van der Waals surface area contributed by atoms with E-state index in [0.29, 0.717) is 35.8 Å². The molecule has 0 radical (unpaired) electrons. The van der Waals surface area contributed by atoms with Crippen molar-refractivity contribution in [2.45, 2.75) is 6.42 Å². The van der Waals surface area contributed by atoms with Gasteiger partial charge in [0.1, 0.15) is 5.69 Å². The highest BCUT2D eigenvalue weighted by molar-refractivity contribution is 7.86. The van der Waals surface area contributed by atoms with Gasteiger partial charge in [-0.3, -0.25) is 0 Å². The number of aromatic amines is 1. The Morgan fingerprint density at radius 3 is 2.79 bits per heavy atom. The largest absolute Gasteiger partial charge is 0.382 e. The van der Waals surface area contributed by atoms with E-state index in [1.807, 2.05) is 18.2 Å². The zero-order chi connectivity index (χ0) is 19.9. The standard InChI is InChI=1S/C17H20N8O2S.2H2/c1-24(2)28(26,27)25-8-5-11(6-9-25)13-10-20-15(18)14(21-13)17-22-12-4-3-7-19-16(12)23-17;;/h3-5,7,10H,6,8-9H2,1-2H3,(H2,18,20)(H,19,22,23);2*1H. The number of H-pyrrole nitrogens is 1. The number of hydrogen-bond donors (Lipinski definition) is 2. The lowest BCUT2D eigenvalue weighted by molar-refractivity contribution is 0.396. The topological polar surface area (TPSA) is 134 Å². The summed E-state index contributed by atoms with van der Waals surface area (Å²) in [5.74, 6) is 0.754. The van der Waals surface area contributed by atoms with Crippen molar-refractivity contribution in [3.63, 3.8) is 0 Å². The molecule has 1 aliphatic rings. The van der Waals surface area contributed by atoms with Crippen molar-refractivity contribution in [2.75, 3.05) is 32.9 Å². The monoisotopic (exact) mass is 404 g/mol. The van der Waals surface area contributed by atoms with E-state index in [0.717, 1.165) is 11.1 Å². The molecule has 4 rings (SSSR count). The first-order valence-electron chi connectivity index (χ1n) is 8.67. The number of nitrogens with one attached hydrogen (secondary N) is 1. The lowest BCUT2D eigenvalue weighted by Gasteiger charge is -2.28. The number of nitrogens with two attached hydrogens (primary N) is 1. The van der Waals surface area contributed by atoms with Crippen molar-refractivity contribution in [3.05, 3.63) is 36.3 Å². The number of hydrogen-bond acceptors (Lipinski definition) is 7. The number of anilines is 1. The zero-order valence-electron chi connectivity index (χ0n) is 15.5. The van der Waals surface area contributed by atoms with Gasteiger partial charge in [0.25, 0.3) is 10.2 Å². The molecule has 0 amide bonds. The van der Waals surface area contributed by atoms with Gasteiger partial charge in [-0.2, -0.15) is 17.0 Å². The van der Waals surface area contributed by atoms with Gasteiger partial charge in [0.15, 0.2) is 17.3 Å². The Balaban J connectivity index is 0.00000160. The Morgan fingerprint density at radius 1 is 1.29 bits per heavy atom. The molecule has 0 atom stereocenters. The van der Waals surface area contributed by atoms with E-state index in [1.54, 1.807) is 12.4 Å². The quantitative estimate of drug-likeness (QED) is 0.671. The second kappa shape index (κ2) is 6.93. The first-order chi connectivity index (χ1) is 13.4. The number of fused-ring (bicyclic) bond motifs is 1. The first kappa shape index (κ1) is 18.5. The van der Waals surface area contributed by atoms with E-state index in [-0.39, 0.29) is 15.2 Å². The van der Waals surface area contributed by atoms with Gasteiger partial charge < -0.3 is 10.7 Å². The van der Waals surface area contributed by atoms with E-state index in [1.165, 1.54) is 22.7 Å². The van der Waals surface area contributed by atoms with Gasteiger partial charge in [0.05, 0.1) is 17.4 Å². The van der Waals surface area contributed by atoms with Gasteiger partial charge in [-0.05, 0) is 24.1 Å². The van der Waals surface area contributed by atoms with Gasteiger partial charge in [-0.15, -0.1) is 0 Å². The fraction of sp³-hybridized carbons (Fsp3) is 0.294. The molecule has 3 N–H and O–H groups in total. The second-order valence-electron chi connectivity index (χ2n) is 6.58. The Morgan fingerprint density at radius 2 is 2.11 bits per heavy atom. The lowest BCUT2D eigenvalue weighted by atomic mass is 10.1. The fourth-order valence-electron chi connectivity index (χ4n) is 3.01. The van der Waals surface area contributed by atoms with Gasteiger partial charge in [0, 0.05) is 36.2 Å². The second-order valence-corrected chi connectivity index (χ2v) is 8.72. The summed E-state index contributed by atoms with van der Waals surface area (Å²) >= 11 is 0. The number of imidazole rings is 1. The van der Waals surface area contributed by atoms with Gasteiger partial charge in [0.2, 0.25) is 0 Å². The van der Waals surface area contributed by atoms with Crippen LogP contribution in [0.1, 0.15) is 15.0 Å². The van der Waals surface area contributed by atoms with E-state index >= 15 is 0 Å². The van der Waals surface area contributed by atoms with Crippen LogP contribution in [-0.2, 0) is 10.2 Å². The summed E-state index contributed by atoms with van der Waals surface area (Å²) in [6.45, 7) is 0.661. The normalized spacial score (nSPS) is 15.9. The average Bonchev–Trinajstić information content (AvgIpc) is 3.12. The number of pyridine rings is 1. The molecule has 0 saturated heterocycles. The maximum atomic E-state index is 12.3. The molecular weight excluding hydrogens is 380 g/mol. The summed E-state index contributed by atoms with van der Waals surface area (Å²) in [4.78, 5) is 20.7. The van der Waals surface area contributed by atoms with Crippen LogP contribution in [0, 0.1) is 0 Å². The zero-order valence-corrected chi connectivity index (χ0v) is 16.3. The van der Waals surface area contributed by atoms with Gasteiger partial charge in [-0.25, -0.2) is 19.9 Å². The van der Waals surface area contributed by atoms with E-state index in [4.69, 9.17) is 5.73 Å². The summed E-state index contributed by atoms with van der Waals surface area (Å²) in [6, 6.07) is 3.69. The minimum absolute atomic E-state index is 0. The molecule has 3 aromatic rings. The maximum absolute atomic E-state index is 12.3. The number of aromatic nitrogens is 5. The van der Waals surface area contributed by atoms with Crippen LogP contribution in [0.2, 0.25) is 0 Å². The van der Waals surface area contributed by atoms with Crippen molar-refractivity contribution in [3.8, 4) is 11.5 Å². The third-order valence-corrected chi connectivity index (χ3v) is 6.48. The maximum Gasteiger partial charge on any atom is 0.281 e. The number of rotatable bonds is 4. The summed E-state index contributed by atoms with van der Waals surface area (Å²) < 4.78 is 27.1. The molecule has 150 valence electrons. The van der Waals surface area contributed by atoms with Crippen molar-refractivity contribution in [2.24, 2.45) is 0 Å². The van der Waals surface area contributed by atoms with Crippen LogP contribution in [0.5, 0.6) is 0 Å². The van der Waals surface area contributed by atoms with Crippen molar-refractivity contribution < 1.29 is 11.3 Å². The van der Waals surface area contributed by atoms with Crippen LogP contribution < -0.4 is 5.73 Å². The lowest BCUT2D eigenvalue weighted by Crippen LogP contribution is -2.42.